The van der Waals surface area contributed by atoms with Crippen LogP contribution in [-0.2, 0) is 28.6 Å². The second kappa shape index (κ2) is 48.5. The lowest BCUT2D eigenvalue weighted by Crippen LogP contribution is -2.30. The minimum Gasteiger partial charge on any atom is -0.462 e. The molecule has 0 aliphatic rings. The van der Waals surface area contributed by atoms with Crippen molar-refractivity contribution in [3.63, 3.8) is 0 Å². The van der Waals surface area contributed by atoms with E-state index in [2.05, 4.69) is 130 Å². The molecule has 0 aliphatic heterocycles. The SMILES string of the molecule is CC/C=C/C=C/C=C/CCCCCCCC(=O)OCC(COC(=O)CCC/C=C/C/C=C/C/C=C/C/C=C/CCCCC)OC(=O)CCCCCCC/C=C/C=C/C=C/CC. The topological polar surface area (TPSA) is 78.9 Å². The fourth-order valence-electron chi connectivity index (χ4n) is 5.96. The summed E-state index contributed by atoms with van der Waals surface area (Å²) in [6, 6.07) is 0. The van der Waals surface area contributed by atoms with Gasteiger partial charge in [0.1, 0.15) is 13.2 Å². The molecule has 0 aromatic carbocycles. The van der Waals surface area contributed by atoms with E-state index in [1.807, 2.05) is 12.2 Å². The van der Waals surface area contributed by atoms with Gasteiger partial charge in [-0.2, -0.15) is 0 Å². The molecule has 0 aromatic rings. The summed E-state index contributed by atoms with van der Waals surface area (Å²) in [7, 11) is 0. The van der Waals surface area contributed by atoms with Crippen molar-refractivity contribution in [2.45, 2.75) is 194 Å². The second-order valence-corrected chi connectivity index (χ2v) is 15.4. The van der Waals surface area contributed by atoms with Gasteiger partial charge in [0.05, 0.1) is 0 Å². The maximum atomic E-state index is 12.7. The van der Waals surface area contributed by atoms with Crippen LogP contribution in [0.15, 0.2) is 122 Å². The second-order valence-electron chi connectivity index (χ2n) is 15.4. The highest BCUT2D eigenvalue weighted by molar-refractivity contribution is 5.71. The molecule has 0 spiro atoms. The van der Waals surface area contributed by atoms with Crippen LogP contribution in [0.4, 0.5) is 0 Å². The molecule has 61 heavy (non-hydrogen) atoms. The first-order valence-electron chi connectivity index (χ1n) is 24.1. The van der Waals surface area contributed by atoms with Gasteiger partial charge in [-0.1, -0.05) is 194 Å². The van der Waals surface area contributed by atoms with Crippen LogP contribution < -0.4 is 0 Å². The van der Waals surface area contributed by atoms with Crippen molar-refractivity contribution in [2.75, 3.05) is 13.2 Å². The molecule has 0 N–H and O–H groups in total. The molecule has 6 heteroatoms. The zero-order valence-electron chi connectivity index (χ0n) is 38.9. The highest BCUT2D eigenvalue weighted by Gasteiger charge is 2.19. The molecule has 0 aliphatic carbocycles. The lowest BCUT2D eigenvalue weighted by molar-refractivity contribution is -0.167. The van der Waals surface area contributed by atoms with Crippen molar-refractivity contribution in [3.05, 3.63) is 122 Å². The first kappa shape index (κ1) is 56.8. The van der Waals surface area contributed by atoms with Gasteiger partial charge >= 0.3 is 17.9 Å². The summed E-state index contributed by atoms with van der Waals surface area (Å²) < 4.78 is 16.7. The molecular weight excluding hydrogens is 757 g/mol. The third-order valence-corrected chi connectivity index (χ3v) is 9.55. The highest BCUT2D eigenvalue weighted by atomic mass is 16.6. The summed E-state index contributed by atoms with van der Waals surface area (Å²) >= 11 is 0. The van der Waals surface area contributed by atoms with Crippen LogP contribution in [0, 0.1) is 0 Å². The number of unbranched alkanes of at least 4 members (excludes halogenated alkanes) is 14. The molecule has 0 rings (SSSR count). The van der Waals surface area contributed by atoms with Crippen LogP contribution in [0.5, 0.6) is 0 Å². The smallest absolute Gasteiger partial charge is 0.306 e. The van der Waals surface area contributed by atoms with E-state index >= 15 is 0 Å². The summed E-state index contributed by atoms with van der Waals surface area (Å²) in [5, 5.41) is 0. The molecule has 0 fully saturated rings. The van der Waals surface area contributed by atoms with Gasteiger partial charge in [0, 0.05) is 19.3 Å². The molecule has 0 aromatic heterocycles. The Kier molecular flexibility index (Phi) is 45.1. The maximum Gasteiger partial charge on any atom is 0.306 e. The van der Waals surface area contributed by atoms with Crippen molar-refractivity contribution >= 4 is 17.9 Å². The van der Waals surface area contributed by atoms with Crippen LogP contribution in [0.1, 0.15) is 188 Å². The van der Waals surface area contributed by atoms with Crippen LogP contribution in [0.25, 0.3) is 0 Å². The predicted molar refractivity (Wildman–Crippen MR) is 260 cm³/mol. The minimum atomic E-state index is -0.821. The number of hydrogen-bond donors (Lipinski definition) is 0. The molecule has 0 saturated heterocycles. The molecule has 1 atom stereocenters. The Hall–Kier alpha value is -4.19. The summed E-state index contributed by atoms with van der Waals surface area (Å²) in [5.41, 5.74) is 0. The summed E-state index contributed by atoms with van der Waals surface area (Å²) in [5.74, 6) is -1.03. The van der Waals surface area contributed by atoms with E-state index < -0.39 is 6.10 Å². The fourth-order valence-corrected chi connectivity index (χ4v) is 5.96. The molecule has 0 radical (unpaired) electrons. The van der Waals surface area contributed by atoms with Crippen LogP contribution >= 0.6 is 0 Å². The average molecular weight is 843 g/mol. The molecule has 0 heterocycles. The molecule has 0 bridgehead atoms. The van der Waals surface area contributed by atoms with Gasteiger partial charge in [-0.3, -0.25) is 14.4 Å². The van der Waals surface area contributed by atoms with E-state index in [0.29, 0.717) is 12.8 Å². The number of ether oxygens (including phenoxy) is 3. The average Bonchev–Trinajstić information content (AvgIpc) is 3.26. The Morgan fingerprint density at radius 2 is 0.721 bits per heavy atom. The number of carbonyl (C=O) groups is 3. The van der Waals surface area contributed by atoms with E-state index in [1.165, 1.54) is 25.7 Å². The van der Waals surface area contributed by atoms with Gasteiger partial charge < -0.3 is 14.2 Å². The van der Waals surface area contributed by atoms with Crippen molar-refractivity contribution < 1.29 is 28.6 Å². The van der Waals surface area contributed by atoms with Gasteiger partial charge in [-0.05, 0) is 96.3 Å². The number of hydrogen-bond acceptors (Lipinski definition) is 6. The monoisotopic (exact) mass is 843 g/mol. The van der Waals surface area contributed by atoms with Crippen LogP contribution in [0.3, 0.4) is 0 Å². The van der Waals surface area contributed by atoms with Crippen LogP contribution in [-0.4, -0.2) is 37.2 Å². The van der Waals surface area contributed by atoms with Gasteiger partial charge in [-0.15, -0.1) is 0 Å². The Bertz CT molecular complexity index is 1340. The van der Waals surface area contributed by atoms with Crippen molar-refractivity contribution in [2.24, 2.45) is 0 Å². The van der Waals surface area contributed by atoms with E-state index in [-0.39, 0.29) is 44.0 Å². The standard InChI is InChI=1S/C55H86O6/c1-4-7-10-13-16-19-22-25-26-27-28-31-33-36-39-42-45-48-54(57)60-51-52(61-55(58)49-46-43-40-37-34-30-24-21-18-15-12-9-6-3)50-59-53(56)47-44-41-38-35-32-29-23-20-17-14-11-8-5-2/h8-9,11-12,14-21,23-26,28,31,36,39,52H,4-7,10,13,22,27,29-30,32-35,37-38,40-51H2,1-3H3/b11-8+,12-9+,17-14+,18-15+,19-16+,23-20+,24-21+,26-25+,31-28+,39-36+. The molecular formula is C55H86O6. The number of rotatable bonds is 41. The molecule has 0 amide bonds. The van der Waals surface area contributed by atoms with Crippen molar-refractivity contribution in [3.8, 4) is 0 Å². The van der Waals surface area contributed by atoms with Crippen molar-refractivity contribution in [1.82, 2.24) is 0 Å². The number of carbonyl (C=O) groups excluding carboxylic acids is 3. The Morgan fingerprint density at radius 3 is 1.20 bits per heavy atom. The largest absolute Gasteiger partial charge is 0.462 e. The fraction of sp³-hybridized carbons (Fsp3) is 0.582. The lowest BCUT2D eigenvalue weighted by Gasteiger charge is -2.18. The summed E-state index contributed by atoms with van der Waals surface area (Å²) in [4.78, 5) is 37.9. The van der Waals surface area contributed by atoms with Gasteiger partial charge in [0.25, 0.3) is 0 Å². The first-order chi connectivity index (χ1) is 30.0. The quantitative estimate of drug-likeness (QED) is 0.0201. The Balaban J connectivity index is 4.55. The van der Waals surface area contributed by atoms with Crippen LogP contribution in [0.2, 0.25) is 0 Å². The van der Waals surface area contributed by atoms with Crippen molar-refractivity contribution in [1.29, 1.82) is 0 Å². The predicted octanol–water partition coefficient (Wildman–Crippen LogP) is 15.7. The molecule has 6 nitrogen and oxygen atoms in total. The number of esters is 3. The summed E-state index contributed by atoms with van der Waals surface area (Å²) in [6.45, 7) is 6.23. The lowest BCUT2D eigenvalue weighted by atomic mass is 10.1. The summed E-state index contributed by atoms with van der Waals surface area (Å²) in [6.07, 6.45) is 66.1. The van der Waals surface area contributed by atoms with E-state index in [1.54, 1.807) is 0 Å². The first-order valence-corrected chi connectivity index (χ1v) is 24.1. The third kappa shape index (κ3) is 46.7. The molecule has 1 unspecified atom stereocenters. The Morgan fingerprint density at radius 1 is 0.361 bits per heavy atom. The van der Waals surface area contributed by atoms with E-state index in [9.17, 15) is 14.4 Å². The van der Waals surface area contributed by atoms with E-state index in [0.717, 1.165) is 116 Å². The van der Waals surface area contributed by atoms with Gasteiger partial charge in [-0.25, -0.2) is 0 Å². The zero-order valence-corrected chi connectivity index (χ0v) is 38.9. The highest BCUT2D eigenvalue weighted by Crippen LogP contribution is 2.12. The maximum absolute atomic E-state index is 12.7. The van der Waals surface area contributed by atoms with E-state index in [4.69, 9.17) is 14.2 Å². The molecule has 0 saturated carbocycles. The van der Waals surface area contributed by atoms with Gasteiger partial charge in [0.15, 0.2) is 6.10 Å². The molecule has 342 valence electrons. The minimum absolute atomic E-state index is 0.118. The number of allylic oxidation sites excluding steroid dienone is 20. The van der Waals surface area contributed by atoms with Gasteiger partial charge in [0.2, 0.25) is 0 Å². The normalized spacial score (nSPS) is 13.2. The Labute approximate surface area is 373 Å². The zero-order chi connectivity index (χ0) is 44.4. The third-order valence-electron chi connectivity index (χ3n) is 9.55.